The van der Waals surface area contributed by atoms with Gasteiger partial charge in [0, 0.05) is 0 Å². The Morgan fingerprint density at radius 3 is 1.41 bits per heavy atom. The predicted octanol–water partition coefficient (Wildman–Crippen LogP) is 5.95. The van der Waals surface area contributed by atoms with E-state index < -0.39 is 0 Å². The number of ether oxygens (including phenoxy) is 2. The molecule has 0 saturated heterocycles. The van der Waals surface area contributed by atoms with Gasteiger partial charge in [0.2, 0.25) is 0 Å². The minimum Gasteiger partial charge on any atom is -0.488 e. The van der Waals surface area contributed by atoms with Gasteiger partial charge in [-0.2, -0.15) is 0 Å². The highest BCUT2D eigenvalue weighted by molar-refractivity contribution is 5.37. The van der Waals surface area contributed by atoms with Gasteiger partial charge in [-0.05, 0) is 68.1 Å². The van der Waals surface area contributed by atoms with Crippen molar-refractivity contribution in [3.63, 3.8) is 0 Å². The van der Waals surface area contributed by atoms with Gasteiger partial charge in [-0.25, -0.2) is 0 Å². The summed E-state index contributed by atoms with van der Waals surface area (Å²) in [6.07, 6.45) is 0. The van der Waals surface area contributed by atoms with E-state index >= 15 is 0 Å². The lowest BCUT2D eigenvalue weighted by molar-refractivity contribution is 0.131. The molecule has 0 fully saturated rings. The van der Waals surface area contributed by atoms with Gasteiger partial charge in [0.25, 0.3) is 0 Å². The molecule has 0 aliphatic carbocycles. The van der Waals surface area contributed by atoms with Crippen LogP contribution in [0.3, 0.4) is 0 Å². The van der Waals surface area contributed by atoms with E-state index in [0.717, 1.165) is 17.2 Å². The zero-order valence-corrected chi connectivity index (χ0v) is 14.4. The fraction of sp³-hybridized carbons (Fsp3) is 0.400. The molecule has 2 aromatic rings. The van der Waals surface area contributed by atoms with E-state index in [-0.39, 0.29) is 11.0 Å². The number of benzene rings is 2. The highest BCUT2D eigenvalue weighted by Crippen LogP contribution is 2.28. The fourth-order valence-corrected chi connectivity index (χ4v) is 2.09. The third-order valence-electron chi connectivity index (χ3n) is 3.20. The van der Waals surface area contributed by atoms with E-state index in [9.17, 15) is 0 Å². The molecule has 0 radical (unpaired) electrons. The van der Waals surface area contributed by atoms with Gasteiger partial charge in [-0.3, -0.25) is 0 Å². The van der Waals surface area contributed by atoms with Crippen LogP contribution in [-0.2, 0) is 5.41 Å². The summed E-state index contributed by atoms with van der Waals surface area (Å²) in [5.74, 6) is 2.50. The predicted molar refractivity (Wildman–Crippen MR) is 92.0 cm³/mol. The van der Waals surface area contributed by atoms with E-state index in [2.05, 4.69) is 32.9 Å². The maximum Gasteiger partial charge on any atom is 0.127 e. The lowest BCUT2D eigenvalue weighted by Crippen LogP contribution is -2.22. The Balaban J connectivity index is 2.05. The van der Waals surface area contributed by atoms with Crippen molar-refractivity contribution in [2.45, 2.75) is 52.6 Å². The van der Waals surface area contributed by atoms with Crippen LogP contribution in [0.2, 0.25) is 0 Å². The highest BCUT2D eigenvalue weighted by Gasteiger charge is 2.13. The zero-order valence-electron chi connectivity index (χ0n) is 14.4. The first kappa shape index (κ1) is 16.4. The second-order valence-electron chi connectivity index (χ2n) is 7.56. The lowest BCUT2D eigenvalue weighted by atomic mass is 9.87. The van der Waals surface area contributed by atoms with Crippen LogP contribution < -0.4 is 9.47 Å². The van der Waals surface area contributed by atoms with E-state index in [1.165, 1.54) is 5.56 Å². The van der Waals surface area contributed by atoms with Crippen molar-refractivity contribution >= 4 is 0 Å². The van der Waals surface area contributed by atoms with Crippen molar-refractivity contribution in [2.75, 3.05) is 0 Å². The fourth-order valence-electron chi connectivity index (χ4n) is 2.09. The summed E-state index contributed by atoms with van der Waals surface area (Å²) in [5.41, 5.74) is 1.27. The van der Waals surface area contributed by atoms with Crippen LogP contribution in [0.25, 0.3) is 0 Å². The Kier molecular flexibility index (Phi) is 4.50. The summed E-state index contributed by atoms with van der Waals surface area (Å²) in [6, 6.07) is 16.0. The molecule has 0 spiro atoms. The Bertz CT molecular complexity index is 596. The third kappa shape index (κ3) is 4.80. The summed E-state index contributed by atoms with van der Waals surface area (Å²) in [7, 11) is 0. The first-order chi connectivity index (χ1) is 10.1. The molecule has 0 N–H and O–H groups in total. The molecule has 0 atom stereocenters. The van der Waals surface area contributed by atoms with Gasteiger partial charge in [0.1, 0.15) is 22.8 Å². The molecule has 118 valence electrons. The van der Waals surface area contributed by atoms with Crippen molar-refractivity contribution in [3.05, 3.63) is 54.1 Å². The van der Waals surface area contributed by atoms with E-state index in [1.807, 2.05) is 57.2 Å². The second-order valence-corrected chi connectivity index (χ2v) is 7.56. The smallest absolute Gasteiger partial charge is 0.127 e. The largest absolute Gasteiger partial charge is 0.488 e. The lowest BCUT2D eigenvalue weighted by Gasteiger charge is -2.21. The van der Waals surface area contributed by atoms with Crippen LogP contribution in [-0.4, -0.2) is 5.60 Å². The maximum absolute atomic E-state index is 5.88. The molecule has 0 unspecified atom stereocenters. The van der Waals surface area contributed by atoms with E-state index in [1.54, 1.807) is 0 Å². The normalized spacial score (nSPS) is 12.1. The number of rotatable bonds is 3. The van der Waals surface area contributed by atoms with Gasteiger partial charge in [-0.15, -0.1) is 0 Å². The zero-order chi connectivity index (χ0) is 16.4. The van der Waals surface area contributed by atoms with Crippen LogP contribution in [0.15, 0.2) is 48.5 Å². The molecule has 22 heavy (non-hydrogen) atoms. The van der Waals surface area contributed by atoms with Crippen molar-refractivity contribution in [2.24, 2.45) is 0 Å². The minimum atomic E-state index is -0.189. The minimum absolute atomic E-state index is 0.157. The standard InChI is InChI=1S/C20H26O2/c1-19(2,3)15-7-9-16(10-8-15)21-17-11-13-18(14-12-17)22-20(4,5)6/h7-14H,1-6H3. The molecular weight excluding hydrogens is 272 g/mol. The molecule has 0 amide bonds. The summed E-state index contributed by atoms with van der Waals surface area (Å²) in [5, 5.41) is 0. The average Bonchev–Trinajstić information content (AvgIpc) is 2.39. The van der Waals surface area contributed by atoms with Crippen LogP contribution in [0.4, 0.5) is 0 Å². The molecule has 2 heteroatoms. The van der Waals surface area contributed by atoms with Gasteiger partial charge >= 0.3 is 0 Å². The third-order valence-corrected chi connectivity index (χ3v) is 3.20. The Morgan fingerprint density at radius 2 is 1.00 bits per heavy atom. The molecule has 0 heterocycles. The first-order valence-electron chi connectivity index (χ1n) is 7.71. The van der Waals surface area contributed by atoms with Gasteiger partial charge in [-0.1, -0.05) is 32.9 Å². The van der Waals surface area contributed by atoms with E-state index in [4.69, 9.17) is 9.47 Å². The van der Waals surface area contributed by atoms with Gasteiger partial charge in [0.05, 0.1) is 0 Å². The average molecular weight is 298 g/mol. The van der Waals surface area contributed by atoms with Crippen molar-refractivity contribution in [3.8, 4) is 17.2 Å². The second kappa shape index (κ2) is 6.04. The monoisotopic (exact) mass is 298 g/mol. The molecule has 0 aliphatic heterocycles. The van der Waals surface area contributed by atoms with Gasteiger partial charge < -0.3 is 9.47 Å². The summed E-state index contributed by atoms with van der Waals surface area (Å²) >= 11 is 0. The molecule has 0 bridgehead atoms. The number of hydrogen-bond donors (Lipinski definition) is 0. The molecular formula is C20H26O2. The first-order valence-corrected chi connectivity index (χ1v) is 7.71. The van der Waals surface area contributed by atoms with Crippen LogP contribution in [0.1, 0.15) is 47.1 Å². The molecule has 2 aromatic carbocycles. The van der Waals surface area contributed by atoms with Crippen LogP contribution in [0, 0.1) is 0 Å². The highest BCUT2D eigenvalue weighted by atomic mass is 16.5. The van der Waals surface area contributed by atoms with Crippen molar-refractivity contribution < 1.29 is 9.47 Å². The summed E-state index contributed by atoms with van der Waals surface area (Å²) < 4.78 is 11.7. The molecule has 2 rings (SSSR count). The Labute approximate surface area is 134 Å². The van der Waals surface area contributed by atoms with Crippen LogP contribution in [0.5, 0.6) is 17.2 Å². The summed E-state index contributed by atoms with van der Waals surface area (Å²) in [4.78, 5) is 0. The molecule has 0 saturated carbocycles. The Morgan fingerprint density at radius 1 is 0.591 bits per heavy atom. The van der Waals surface area contributed by atoms with Crippen LogP contribution >= 0.6 is 0 Å². The number of hydrogen-bond acceptors (Lipinski definition) is 2. The maximum atomic E-state index is 5.88. The summed E-state index contributed by atoms with van der Waals surface area (Å²) in [6.45, 7) is 12.7. The van der Waals surface area contributed by atoms with Gasteiger partial charge in [0.15, 0.2) is 0 Å². The van der Waals surface area contributed by atoms with Crippen molar-refractivity contribution in [1.82, 2.24) is 0 Å². The molecule has 0 aromatic heterocycles. The molecule has 2 nitrogen and oxygen atoms in total. The quantitative estimate of drug-likeness (QED) is 0.696. The van der Waals surface area contributed by atoms with E-state index in [0.29, 0.717) is 0 Å². The topological polar surface area (TPSA) is 18.5 Å². The molecule has 0 aliphatic rings. The van der Waals surface area contributed by atoms with Crippen molar-refractivity contribution in [1.29, 1.82) is 0 Å². The SMILES string of the molecule is CC(C)(C)Oc1ccc(Oc2ccc(C(C)(C)C)cc2)cc1. The Hall–Kier alpha value is -1.96.